The van der Waals surface area contributed by atoms with Crippen molar-refractivity contribution < 1.29 is 13.9 Å². The van der Waals surface area contributed by atoms with E-state index in [1.165, 1.54) is 37.8 Å². The van der Waals surface area contributed by atoms with E-state index in [9.17, 15) is 9.18 Å². The summed E-state index contributed by atoms with van der Waals surface area (Å²) in [6.45, 7) is 2.21. The van der Waals surface area contributed by atoms with Gasteiger partial charge in [0.2, 0.25) is 0 Å². The molecule has 1 heterocycles. The van der Waals surface area contributed by atoms with Crippen LogP contribution in [-0.4, -0.2) is 12.1 Å². The summed E-state index contributed by atoms with van der Waals surface area (Å²) in [4.78, 5) is 12.1. The normalized spacial score (nSPS) is 22.1. The van der Waals surface area contributed by atoms with E-state index in [-0.39, 0.29) is 23.8 Å². The second-order valence-corrected chi connectivity index (χ2v) is 5.94. The van der Waals surface area contributed by atoms with Crippen molar-refractivity contribution in [3.05, 3.63) is 35.6 Å². The first-order valence-electron chi connectivity index (χ1n) is 8.16. The lowest BCUT2D eigenvalue weighted by atomic mass is 9.89. The van der Waals surface area contributed by atoms with Gasteiger partial charge in [-0.15, -0.1) is 0 Å². The fourth-order valence-electron chi connectivity index (χ4n) is 2.95. The highest BCUT2D eigenvalue weighted by Crippen LogP contribution is 2.31. The zero-order chi connectivity index (χ0) is 15.1. The standard InChI is InChI=1S/C18H25FO2/c1-2-3-4-5-6-7-16-12-13-17(18(20)21-16)14-8-10-15(19)11-9-14/h8-11,16-17H,2-7,12-13H2,1H3. The number of carbonyl (C=O) groups is 1. The summed E-state index contributed by atoms with van der Waals surface area (Å²) in [6, 6.07) is 6.18. The van der Waals surface area contributed by atoms with E-state index in [0.717, 1.165) is 31.2 Å². The van der Waals surface area contributed by atoms with Gasteiger partial charge in [-0.05, 0) is 43.4 Å². The second-order valence-electron chi connectivity index (χ2n) is 5.94. The minimum absolute atomic E-state index is 0.0795. The van der Waals surface area contributed by atoms with E-state index < -0.39 is 0 Å². The Kier molecular flexibility index (Phi) is 6.21. The number of halogens is 1. The summed E-state index contributed by atoms with van der Waals surface area (Å²) in [5.74, 6) is -0.638. The Morgan fingerprint density at radius 2 is 1.81 bits per heavy atom. The summed E-state index contributed by atoms with van der Waals surface area (Å²) in [7, 11) is 0. The van der Waals surface area contributed by atoms with Gasteiger partial charge in [0.05, 0.1) is 5.92 Å². The summed E-state index contributed by atoms with van der Waals surface area (Å²) < 4.78 is 18.5. The Bertz CT molecular complexity index is 441. The maximum absolute atomic E-state index is 12.9. The molecule has 2 atom stereocenters. The van der Waals surface area contributed by atoms with Gasteiger partial charge in [-0.1, -0.05) is 44.7 Å². The van der Waals surface area contributed by atoms with Gasteiger partial charge in [0.25, 0.3) is 0 Å². The lowest BCUT2D eigenvalue weighted by Crippen LogP contribution is -2.29. The molecule has 1 fully saturated rings. The lowest BCUT2D eigenvalue weighted by molar-refractivity contribution is -0.156. The first-order valence-corrected chi connectivity index (χ1v) is 8.16. The molecule has 0 radical (unpaired) electrons. The zero-order valence-corrected chi connectivity index (χ0v) is 12.8. The average Bonchev–Trinajstić information content (AvgIpc) is 2.48. The van der Waals surface area contributed by atoms with Gasteiger partial charge in [0.15, 0.2) is 0 Å². The Labute approximate surface area is 126 Å². The average molecular weight is 292 g/mol. The first-order chi connectivity index (χ1) is 10.2. The van der Waals surface area contributed by atoms with Crippen LogP contribution in [0.1, 0.15) is 69.8 Å². The fourth-order valence-corrected chi connectivity index (χ4v) is 2.95. The van der Waals surface area contributed by atoms with Gasteiger partial charge in [-0.25, -0.2) is 4.39 Å². The quantitative estimate of drug-likeness (QED) is 0.523. The Balaban J connectivity index is 1.77. The number of hydrogen-bond acceptors (Lipinski definition) is 2. The summed E-state index contributed by atoms with van der Waals surface area (Å²) >= 11 is 0. The van der Waals surface area contributed by atoms with Gasteiger partial charge >= 0.3 is 5.97 Å². The Morgan fingerprint density at radius 1 is 1.10 bits per heavy atom. The van der Waals surface area contributed by atoms with Crippen molar-refractivity contribution in [3.63, 3.8) is 0 Å². The van der Waals surface area contributed by atoms with Crippen LogP contribution in [0.25, 0.3) is 0 Å². The van der Waals surface area contributed by atoms with Gasteiger partial charge in [0.1, 0.15) is 11.9 Å². The Morgan fingerprint density at radius 3 is 2.48 bits per heavy atom. The summed E-state index contributed by atoms with van der Waals surface area (Å²) in [5.41, 5.74) is 0.864. The predicted molar refractivity (Wildman–Crippen MR) is 81.6 cm³/mol. The van der Waals surface area contributed by atoms with E-state index >= 15 is 0 Å². The van der Waals surface area contributed by atoms with Crippen LogP contribution in [0.5, 0.6) is 0 Å². The SMILES string of the molecule is CCCCCCCC1CCC(c2ccc(F)cc2)C(=O)O1. The molecule has 1 aromatic carbocycles. The van der Waals surface area contributed by atoms with Crippen LogP contribution in [0, 0.1) is 5.82 Å². The van der Waals surface area contributed by atoms with E-state index in [1.54, 1.807) is 12.1 Å². The topological polar surface area (TPSA) is 26.3 Å². The molecular formula is C18H25FO2. The van der Waals surface area contributed by atoms with Crippen LogP contribution in [0.15, 0.2) is 24.3 Å². The third-order valence-electron chi connectivity index (χ3n) is 4.25. The van der Waals surface area contributed by atoms with E-state index in [4.69, 9.17) is 4.74 Å². The number of carbonyl (C=O) groups excluding carboxylic acids is 1. The molecule has 1 aromatic rings. The minimum atomic E-state index is -0.270. The number of benzene rings is 1. The number of esters is 1. The molecule has 1 saturated heterocycles. The molecule has 2 rings (SSSR count). The zero-order valence-electron chi connectivity index (χ0n) is 12.8. The molecule has 21 heavy (non-hydrogen) atoms. The van der Waals surface area contributed by atoms with E-state index in [0.29, 0.717) is 0 Å². The van der Waals surface area contributed by atoms with Gasteiger partial charge in [-0.2, -0.15) is 0 Å². The van der Waals surface area contributed by atoms with Gasteiger partial charge < -0.3 is 4.74 Å². The molecule has 1 aliphatic rings. The van der Waals surface area contributed by atoms with E-state index in [2.05, 4.69) is 6.92 Å². The predicted octanol–water partition coefficient (Wildman–Crippen LogP) is 4.98. The van der Waals surface area contributed by atoms with Crippen molar-refractivity contribution in [2.45, 2.75) is 70.3 Å². The van der Waals surface area contributed by atoms with Gasteiger partial charge in [0, 0.05) is 0 Å². The maximum atomic E-state index is 12.9. The van der Waals surface area contributed by atoms with Crippen molar-refractivity contribution in [2.75, 3.05) is 0 Å². The number of ether oxygens (including phenoxy) is 1. The highest BCUT2D eigenvalue weighted by Gasteiger charge is 2.30. The van der Waals surface area contributed by atoms with Crippen molar-refractivity contribution in [2.24, 2.45) is 0 Å². The maximum Gasteiger partial charge on any atom is 0.313 e. The smallest absolute Gasteiger partial charge is 0.313 e. The molecule has 0 aromatic heterocycles. The largest absolute Gasteiger partial charge is 0.462 e. The highest BCUT2D eigenvalue weighted by molar-refractivity contribution is 5.79. The number of unbranched alkanes of at least 4 members (excludes halogenated alkanes) is 4. The number of rotatable bonds is 7. The molecule has 0 N–H and O–H groups in total. The molecule has 0 spiro atoms. The monoisotopic (exact) mass is 292 g/mol. The van der Waals surface area contributed by atoms with Crippen LogP contribution in [-0.2, 0) is 9.53 Å². The minimum Gasteiger partial charge on any atom is -0.462 e. The number of hydrogen-bond donors (Lipinski definition) is 0. The second kappa shape index (κ2) is 8.16. The first kappa shape index (κ1) is 16.0. The summed E-state index contributed by atoms with van der Waals surface area (Å²) in [5, 5.41) is 0. The van der Waals surface area contributed by atoms with Crippen LogP contribution in [0.4, 0.5) is 4.39 Å². The lowest BCUT2D eigenvalue weighted by Gasteiger charge is -2.28. The molecule has 0 amide bonds. The van der Waals surface area contributed by atoms with Crippen molar-refractivity contribution in [1.82, 2.24) is 0 Å². The molecule has 2 nitrogen and oxygen atoms in total. The number of cyclic esters (lactones) is 1. The molecular weight excluding hydrogens is 267 g/mol. The van der Waals surface area contributed by atoms with Crippen molar-refractivity contribution >= 4 is 5.97 Å². The molecule has 2 unspecified atom stereocenters. The fraction of sp³-hybridized carbons (Fsp3) is 0.611. The third-order valence-corrected chi connectivity index (χ3v) is 4.25. The molecule has 116 valence electrons. The summed E-state index contributed by atoms with van der Waals surface area (Å²) in [6.07, 6.45) is 8.96. The van der Waals surface area contributed by atoms with Crippen molar-refractivity contribution in [3.8, 4) is 0 Å². The van der Waals surface area contributed by atoms with Crippen molar-refractivity contribution in [1.29, 1.82) is 0 Å². The molecule has 3 heteroatoms. The van der Waals surface area contributed by atoms with Crippen LogP contribution < -0.4 is 0 Å². The van der Waals surface area contributed by atoms with Gasteiger partial charge in [-0.3, -0.25) is 4.79 Å². The van der Waals surface area contributed by atoms with E-state index in [1.807, 2.05) is 0 Å². The molecule has 0 bridgehead atoms. The van der Waals surface area contributed by atoms with Crippen LogP contribution >= 0.6 is 0 Å². The van der Waals surface area contributed by atoms with Crippen LogP contribution in [0.2, 0.25) is 0 Å². The highest BCUT2D eigenvalue weighted by atomic mass is 19.1. The molecule has 1 aliphatic heterocycles. The van der Waals surface area contributed by atoms with Crippen LogP contribution in [0.3, 0.4) is 0 Å². The Hall–Kier alpha value is -1.38. The third kappa shape index (κ3) is 4.83. The molecule has 0 saturated carbocycles. The molecule has 0 aliphatic carbocycles.